The number of anilines is 1. The maximum Gasteiger partial charge on any atom is 0.339 e. The highest BCUT2D eigenvalue weighted by molar-refractivity contribution is 5.96. The Bertz CT molecular complexity index is 1080. The Morgan fingerprint density at radius 3 is 2.45 bits per heavy atom. The van der Waals surface area contributed by atoms with Crippen molar-refractivity contribution in [3.63, 3.8) is 0 Å². The number of amides is 1. The summed E-state index contributed by atoms with van der Waals surface area (Å²) in [7, 11) is 0. The second kappa shape index (κ2) is 10.8. The van der Waals surface area contributed by atoms with Crippen LogP contribution in [0.3, 0.4) is 0 Å². The van der Waals surface area contributed by atoms with Crippen LogP contribution in [-0.4, -0.2) is 54.5 Å². The van der Waals surface area contributed by atoms with Gasteiger partial charge in [-0.3, -0.25) is 4.79 Å². The fraction of sp³-hybridized carbons (Fsp3) is 0.296. The molecule has 1 fully saturated rings. The van der Waals surface area contributed by atoms with Crippen molar-refractivity contribution in [1.29, 1.82) is 0 Å². The number of esters is 1. The van der Waals surface area contributed by atoms with Crippen LogP contribution >= 0.6 is 0 Å². The Morgan fingerprint density at radius 2 is 1.70 bits per heavy atom. The number of ether oxygens (including phenoxy) is 1. The predicted octanol–water partition coefficient (Wildman–Crippen LogP) is 4.20. The van der Waals surface area contributed by atoms with Gasteiger partial charge in [0.2, 0.25) is 0 Å². The molecule has 4 rings (SSSR count). The van der Waals surface area contributed by atoms with E-state index in [1.54, 1.807) is 19.2 Å². The number of benzene rings is 2. The molecule has 170 valence electrons. The first-order valence-corrected chi connectivity index (χ1v) is 11.4. The van der Waals surface area contributed by atoms with E-state index >= 15 is 0 Å². The van der Waals surface area contributed by atoms with Gasteiger partial charge in [-0.1, -0.05) is 48.5 Å². The van der Waals surface area contributed by atoms with E-state index in [4.69, 9.17) is 4.74 Å². The maximum absolute atomic E-state index is 13.4. The highest BCUT2D eigenvalue weighted by Gasteiger charge is 2.23. The molecular weight excluding hydrogens is 414 g/mol. The topological polar surface area (TPSA) is 62.7 Å². The summed E-state index contributed by atoms with van der Waals surface area (Å²) in [6.45, 7) is 4.95. The highest BCUT2D eigenvalue weighted by Crippen LogP contribution is 2.19. The zero-order valence-corrected chi connectivity index (χ0v) is 18.9. The van der Waals surface area contributed by atoms with Crippen molar-refractivity contribution in [3.05, 3.63) is 95.2 Å². The fourth-order valence-corrected chi connectivity index (χ4v) is 4.13. The van der Waals surface area contributed by atoms with E-state index in [2.05, 4.69) is 22.0 Å². The SMILES string of the molecule is CCOC(=O)c1ccc(N2CCCN(C(=O)c3ccccc3Cc3ccccc3)CC2)nc1. The molecule has 33 heavy (non-hydrogen) atoms. The molecular formula is C27H29N3O3. The van der Waals surface area contributed by atoms with Crippen molar-refractivity contribution < 1.29 is 14.3 Å². The number of hydrogen-bond acceptors (Lipinski definition) is 5. The van der Waals surface area contributed by atoms with Gasteiger partial charge >= 0.3 is 5.97 Å². The van der Waals surface area contributed by atoms with Gasteiger partial charge in [-0.05, 0) is 49.1 Å². The number of carbonyl (C=O) groups excluding carboxylic acids is 2. The van der Waals surface area contributed by atoms with E-state index in [-0.39, 0.29) is 11.9 Å². The summed E-state index contributed by atoms with van der Waals surface area (Å²) >= 11 is 0. The molecule has 2 heterocycles. The van der Waals surface area contributed by atoms with Crippen LogP contribution in [0.15, 0.2) is 72.9 Å². The van der Waals surface area contributed by atoms with E-state index in [9.17, 15) is 9.59 Å². The summed E-state index contributed by atoms with van der Waals surface area (Å²) < 4.78 is 5.03. The Labute approximate surface area is 194 Å². The highest BCUT2D eigenvalue weighted by atomic mass is 16.5. The van der Waals surface area contributed by atoms with Gasteiger partial charge in [0.05, 0.1) is 12.2 Å². The summed E-state index contributed by atoms with van der Waals surface area (Å²) in [5.74, 6) is 0.522. The minimum absolute atomic E-state index is 0.0778. The van der Waals surface area contributed by atoms with Gasteiger partial charge in [-0.15, -0.1) is 0 Å². The molecule has 0 radical (unpaired) electrons. The quantitative estimate of drug-likeness (QED) is 0.535. The normalized spacial score (nSPS) is 14.0. The second-order valence-corrected chi connectivity index (χ2v) is 8.08. The van der Waals surface area contributed by atoms with Crippen LogP contribution in [0.5, 0.6) is 0 Å². The lowest BCUT2D eigenvalue weighted by atomic mass is 9.99. The molecule has 6 nitrogen and oxygen atoms in total. The summed E-state index contributed by atoms with van der Waals surface area (Å²) in [4.78, 5) is 33.9. The molecule has 1 aliphatic heterocycles. The van der Waals surface area contributed by atoms with E-state index in [1.807, 2.05) is 53.4 Å². The van der Waals surface area contributed by atoms with Crippen LogP contribution in [-0.2, 0) is 11.2 Å². The lowest BCUT2D eigenvalue weighted by Crippen LogP contribution is -2.35. The molecule has 0 N–H and O–H groups in total. The first-order valence-electron chi connectivity index (χ1n) is 11.4. The molecule has 0 spiro atoms. The monoisotopic (exact) mass is 443 g/mol. The first-order chi connectivity index (χ1) is 16.2. The summed E-state index contributed by atoms with van der Waals surface area (Å²) in [5.41, 5.74) is 3.46. The summed E-state index contributed by atoms with van der Waals surface area (Å²) in [6.07, 6.45) is 3.15. The van der Waals surface area contributed by atoms with Gasteiger partial charge in [0.25, 0.3) is 5.91 Å². The Kier molecular flexibility index (Phi) is 7.35. The number of pyridine rings is 1. The van der Waals surface area contributed by atoms with Crippen molar-refractivity contribution in [1.82, 2.24) is 9.88 Å². The van der Waals surface area contributed by atoms with Gasteiger partial charge in [-0.25, -0.2) is 9.78 Å². The standard InChI is InChI=1S/C27H29N3O3/c1-2-33-27(32)23-13-14-25(28-20-23)29-15-8-16-30(18-17-29)26(31)24-12-7-6-11-22(24)19-21-9-4-3-5-10-21/h3-7,9-14,20H,2,8,15-19H2,1H3. The van der Waals surface area contributed by atoms with E-state index in [0.717, 1.165) is 36.3 Å². The number of aromatic nitrogens is 1. The molecule has 6 heteroatoms. The van der Waals surface area contributed by atoms with Gasteiger partial charge < -0.3 is 14.5 Å². The van der Waals surface area contributed by atoms with E-state index in [1.165, 1.54) is 5.56 Å². The molecule has 0 saturated carbocycles. The molecule has 1 amide bonds. The van der Waals surface area contributed by atoms with E-state index < -0.39 is 0 Å². The van der Waals surface area contributed by atoms with Gasteiger partial charge in [0.15, 0.2) is 0 Å². The molecule has 0 unspecified atom stereocenters. The van der Waals surface area contributed by atoms with E-state index in [0.29, 0.717) is 31.8 Å². The van der Waals surface area contributed by atoms with Crippen LogP contribution in [0.2, 0.25) is 0 Å². The number of rotatable bonds is 6. The van der Waals surface area contributed by atoms with Crippen molar-refractivity contribution >= 4 is 17.7 Å². The average molecular weight is 444 g/mol. The molecule has 0 bridgehead atoms. The van der Waals surface area contributed by atoms with Crippen molar-refractivity contribution in [2.24, 2.45) is 0 Å². The molecule has 0 atom stereocenters. The largest absolute Gasteiger partial charge is 0.462 e. The number of carbonyl (C=O) groups is 2. The zero-order valence-electron chi connectivity index (χ0n) is 18.9. The van der Waals surface area contributed by atoms with Crippen molar-refractivity contribution in [2.45, 2.75) is 19.8 Å². The van der Waals surface area contributed by atoms with Crippen LogP contribution in [0.1, 0.15) is 45.2 Å². The molecule has 2 aromatic carbocycles. The minimum Gasteiger partial charge on any atom is -0.462 e. The van der Waals surface area contributed by atoms with Gasteiger partial charge in [-0.2, -0.15) is 0 Å². The average Bonchev–Trinajstić information content (AvgIpc) is 3.11. The summed E-state index contributed by atoms with van der Waals surface area (Å²) in [5, 5.41) is 0. The second-order valence-electron chi connectivity index (χ2n) is 8.08. The molecule has 0 aliphatic carbocycles. The van der Waals surface area contributed by atoms with Crippen molar-refractivity contribution in [2.75, 3.05) is 37.7 Å². The Balaban J connectivity index is 1.43. The number of nitrogens with zero attached hydrogens (tertiary/aromatic N) is 3. The lowest BCUT2D eigenvalue weighted by Gasteiger charge is -2.23. The predicted molar refractivity (Wildman–Crippen MR) is 129 cm³/mol. The third kappa shape index (κ3) is 5.58. The van der Waals surface area contributed by atoms with Crippen LogP contribution in [0.25, 0.3) is 0 Å². The van der Waals surface area contributed by atoms with Crippen LogP contribution in [0, 0.1) is 0 Å². The van der Waals surface area contributed by atoms with Gasteiger partial charge in [0.1, 0.15) is 5.82 Å². The molecule has 1 aliphatic rings. The fourth-order valence-electron chi connectivity index (χ4n) is 4.13. The Morgan fingerprint density at radius 1 is 0.909 bits per heavy atom. The third-order valence-corrected chi connectivity index (χ3v) is 5.85. The lowest BCUT2D eigenvalue weighted by molar-refractivity contribution is 0.0525. The van der Waals surface area contributed by atoms with Crippen molar-refractivity contribution in [3.8, 4) is 0 Å². The third-order valence-electron chi connectivity index (χ3n) is 5.85. The molecule has 1 saturated heterocycles. The smallest absolute Gasteiger partial charge is 0.339 e. The van der Waals surface area contributed by atoms with Crippen LogP contribution < -0.4 is 4.90 Å². The number of hydrogen-bond donors (Lipinski definition) is 0. The molecule has 3 aromatic rings. The minimum atomic E-state index is -0.363. The maximum atomic E-state index is 13.4. The first kappa shape index (κ1) is 22.5. The Hall–Kier alpha value is -3.67. The van der Waals surface area contributed by atoms with Crippen LogP contribution in [0.4, 0.5) is 5.82 Å². The zero-order chi connectivity index (χ0) is 23.0. The summed E-state index contributed by atoms with van der Waals surface area (Å²) in [6, 6.07) is 21.7. The molecule has 1 aromatic heterocycles. The van der Waals surface area contributed by atoms with Gasteiger partial charge in [0, 0.05) is 37.9 Å².